The summed E-state index contributed by atoms with van der Waals surface area (Å²) in [6.07, 6.45) is 0.308. The first-order chi connectivity index (χ1) is 19.0. The first-order valence-corrected chi connectivity index (χ1v) is 15.0. The van der Waals surface area contributed by atoms with E-state index in [9.17, 15) is 18.0 Å². The van der Waals surface area contributed by atoms with Crippen LogP contribution < -0.4 is 14.4 Å². The van der Waals surface area contributed by atoms with Gasteiger partial charge in [0.05, 0.1) is 27.2 Å². The van der Waals surface area contributed by atoms with Crippen LogP contribution in [0.5, 0.6) is 5.75 Å². The van der Waals surface area contributed by atoms with Gasteiger partial charge in [-0.3, -0.25) is 13.9 Å². The highest BCUT2D eigenvalue weighted by Crippen LogP contribution is 2.27. The van der Waals surface area contributed by atoms with Crippen molar-refractivity contribution in [3.8, 4) is 5.75 Å². The number of likely N-dealkylation sites (N-methyl/N-ethyl adjacent to an activating group) is 1. The van der Waals surface area contributed by atoms with E-state index in [0.717, 1.165) is 9.87 Å². The summed E-state index contributed by atoms with van der Waals surface area (Å²) in [6, 6.07) is 17.0. The molecule has 0 heterocycles. The van der Waals surface area contributed by atoms with Gasteiger partial charge in [0, 0.05) is 13.6 Å². The summed E-state index contributed by atoms with van der Waals surface area (Å²) in [5, 5.41) is 3.26. The Labute approximate surface area is 245 Å². The first-order valence-electron chi connectivity index (χ1n) is 12.8. The molecule has 40 heavy (non-hydrogen) atoms. The van der Waals surface area contributed by atoms with Crippen molar-refractivity contribution in [3.05, 3.63) is 87.9 Å². The van der Waals surface area contributed by atoms with Crippen molar-refractivity contribution in [3.63, 3.8) is 0 Å². The van der Waals surface area contributed by atoms with Crippen molar-refractivity contribution >= 4 is 50.7 Å². The number of sulfonamides is 1. The molecule has 0 aromatic heterocycles. The molecule has 0 radical (unpaired) electrons. The predicted octanol–water partition coefficient (Wildman–Crippen LogP) is 5.45. The minimum atomic E-state index is -4.18. The van der Waals surface area contributed by atoms with Crippen molar-refractivity contribution in [2.75, 3.05) is 24.5 Å². The Hall–Kier alpha value is -3.27. The number of amides is 2. The quantitative estimate of drug-likeness (QED) is 0.296. The molecule has 0 fully saturated rings. The topological polar surface area (TPSA) is 96.0 Å². The summed E-state index contributed by atoms with van der Waals surface area (Å²) in [5.74, 6) is -0.396. The lowest BCUT2D eigenvalue weighted by Crippen LogP contribution is -2.51. The predicted molar refractivity (Wildman–Crippen MR) is 158 cm³/mol. The molecule has 0 spiro atoms. The normalized spacial score (nSPS) is 11.9. The second-order valence-corrected chi connectivity index (χ2v) is 11.7. The Morgan fingerprint density at radius 2 is 1.60 bits per heavy atom. The SMILES string of the molecule is CCOc1ccc(S(=O)(=O)N(CC(=O)N(Cc2ccc(Cl)c(Cl)c2)[C@H](CC)C(=O)NC)c2ccc(C)cc2)cc1. The molecule has 3 rings (SSSR count). The van der Waals surface area contributed by atoms with E-state index in [1.54, 1.807) is 61.5 Å². The van der Waals surface area contributed by atoms with E-state index in [-0.39, 0.29) is 17.3 Å². The number of anilines is 1. The molecule has 2 amide bonds. The van der Waals surface area contributed by atoms with Gasteiger partial charge in [0.15, 0.2) is 0 Å². The summed E-state index contributed by atoms with van der Waals surface area (Å²) in [5.41, 5.74) is 1.89. The minimum Gasteiger partial charge on any atom is -0.494 e. The first kappa shape index (κ1) is 31.3. The summed E-state index contributed by atoms with van der Waals surface area (Å²) < 4.78 is 34.3. The van der Waals surface area contributed by atoms with E-state index in [2.05, 4.69) is 5.32 Å². The molecule has 0 aliphatic carbocycles. The number of carbonyl (C=O) groups is 2. The van der Waals surface area contributed by atoms with Gasteiger partial charge in [0.2, 0.25) is 11.8 Å². The summed E-state index contributed by atoms with van der Waals surface area (Å²) in [4.78, 5) is 28.1. The average Bonchev–Trinajstić information content (AvgIpc) is 2.94. The molecular weight excluding hydrogens is 573 g/mol. The van der Waals surface area contributed by atoms with Crippen LogP contribution >= 0.6 is 23.2 Å². The molecule has 11 heteroatoms. The van der Waals surface area contributed by atoms with Gasteiger partial charge in [-0.15, -0.1) is 0 Å². The second-order valence-electron chi connectivity index (χ2n) is 9.06. The fourth-order valence-electron chi connectivity index (χ4n) is 4.16. The van der Waals surface area contributed by atoms with E-state index in [1.807, 2.05) is 13.8 Å². The van der Waals surface area contributed by atoms with E-state index in [0.29, 0.717) is 40.1 Å². The fraction of sp³-hybridized carbons (Fsp3) is 0.310. The van der Waals surface area contributed by atoms with E-state index >= 15 is 0 Å². The maximum atomic E-state index is 13.9. The zero-order valence-corrected chi connectivity index (χ0v) is 25.2. The van der Waals surface area contributed by atoms with Crippen LogP contribution in [0.3, 0.4) is 0 Å². The molecule has 214 valence electrons. The van der Waals surface area contributed by atoms with Gasteiger partial charge in [0.25, 0.3) is 10.0 Å². The number of aryl methyl sites for hydroxylation is 1. The van der Waals surface area contributed by atoms with Crippen LogP contribution in [0.25, 0.3) is 0 Å². The zero-order chi connectivity index (χ0) is 29.4. The fourth-order valence-corrected chi connectivity index (χ4v) is 5.90. The van der Waals surface area contributed by atoms with Crippen molar-refractivity contribution in [1.82, 2.24) is 10.2 Å². The van der Waals surface area contributed by atoms with Gasteiger partial charge in [-0.25, -0.2) is 8.42 Å². The molecule has 0 bridgehead atoms. The zero-order valence-electron chi connectivity index (χ0n) is 22.9. The Morgan fingerprint density at radius 1 is 0.950 bits per heavy atom. The Morgan fingerprint density at radius 3 is 2.15 bits per heavy atom. The lowest BCUT2D eigenvalue weighted by molar-refractivity contribution is -0.140. The Balaban J connectivity index is 2.05. The average molecular weight is 607 g/mol. The summed E-state index contributed by atoms with van der Waals surface area (Å²) in [7, 11) is -2.69. The van der Waals surface area contributed by atoms with E-state index in [1.165, 1.54) is 24.1 Å². The molecule has 1 atom stereocenters. The highest BCUT2D eigenvalue weighted by molar-refractivity contribution is 7.92. The van der Waals surface area contributed by atoms with Crippen LogP contribution in [-0.4, -0.2) is 51.4 Å². The van der Waals surface area contributed by atoms with Crippen LogP contribution in [0, 0.1) is 6.92 Å². The van der Waals surface area contributed by atoms with Gasteiger partial charge in [0.1, 0.15) is 18.3 Å². The number of halogens is 2. The molecule has 0 aliphatic rings. The Kier molecular flexibility index (Phi) is 10.8. The molecule has 0 unspecified atom stereocenters. The number of hydrogen-bond acceptors (Lipinski definition) is 5. The van der Waals surface area contributed by atoms with E-state index in [4.69, 9.17) is 27.9 Å². The molecular formula is C29H33Cl2N3O5S. The molecule has 0 saturated heterocycles. The van der Waals surface area contributed by atoms with Crippen molar-refractivity contribution in [2.24, 2.45) is 0 Å². The largest absolute Gasteiger partial charge is 0.494 e. The maximum Gasteiger partial charge on any atom is 0.264 e. The lowest BCUT2D eigenvalue weighted by atomic mass is 10.1. The van der Waals surface area contributed by atoms with Crippen molar-refractivity contribution in [1.29, 1.82) is 0 Å². The number of nitrogens with zero attached hydrogens (tertiary/aromatic N) is 2. The van der Waals surface area contributed by atoms with Gasteiger partial charge in [-0.05, 0) is 74.4 Å². The molecule has 0 saturated carbocycles. The van der Waals surface area contributed by atoms with E-state index < -0.39 is 28.5 Å². The number of ether oxygens (including phenoxy) is 1. The number of nitrogens with one attached hydrogen (secondary N) is 1. The Bertz CT molecular complexity index is 1430. The molecule has 3 aromatic carbocycles. The highest BCUT2D eigenvalue weighted by atomic mass is 35.5. The molecule has 0 aliphatic heterocycles. The number of carbonyl (C=O) groups excluding carboxylic acids is 2. The summed E-state index contributed by atoms with van der Waals surface area (Å²) >= 11 is 12.3. The number of benzene rings is 3. The number of hydrogen-bond donors (Lipinski definition) is 1. The monoisotopic (exact) mass is 605 g/mol. The smallest absolute Gasteiger partial charge is 0.264 e. The van der Waals surface area contributed by atoms with Crippen LogP contribution in [0.4, 0.5) is 5.69 Å². The summed E-state index contributed by atoms with van der Waals surface area (Å²) in [6.45, 7) is 5.42. The standard InChI is InChI=1S/C29H33Cl2N3O5S/c1-5-27(29(36)32-4)33(18-21-9-16-25(30)26(31)17-21)28(35)19-34(22-10-7-20(3)8-11-22)40(37,38)24-14-12-23(13-15-24)39-6-2/h7-17,27H,5-6,18-19H2,1-4H3,(H,32,36)/t27-/m1/s1. The highest BCUT2D eigenvalue weighted by Gasteiger charge is 2.33. The van der Waals surface area contributed by atoms with Gasteiger partial charge in [-0.2, -0.15) is 0 Å². The number of rotatable bonds is 12. The maximum absolute atomic E-state index is 13.9. The minimum absolute atomic E-state index is 0.00120. The third-order valence-corrected chi connectivity index (χ3v) is 8.82. The molecule has 1 N–H and O–H groups in total. The third kappa shape index (κ3) is 7.47. The van der Waals surface area contributed by atoms with Gasteiger partial charge in [-0.1, -0.05) is 53.9 Å². The van der Waals surface area contributed by atoms with Gasteiger partial charge >= 0.3 is 0 Å². The van der Waals surface area contributed by atoms with Crippen LogP contribution in [-0.2, 0) is 26.2 Å². The van der Waals surface area contributed by atoms with Crippen molar-refractivity contribution < 1.29 is 22.7 Å². The van der Waals surface area contributed by atoms with Gasteiger partial charge < -0.3 is 15.0 Å². The van der Waals surface area contributed by atoms with Crippen LogP contribution in [0.15, 0.2) is 71.6 Å². The van der Waals surface area contributed by atoms with Crippen LogP contribution in [0.1, 0.15) is 31.4 Å². The molecule has 3 aromatic rings. The third-order valence-electron chi connectivity index (χ3n) is 6.29. The molecule has 8 nitrogen and oxygen atoms in total. The van der Waals surface area contributed by atoms with Crippen LogP contribution in [0.2, 0.25) is 10.0 Å². The lowest BCUT2D eigenvalue weighted by Gasteiger charge is -2.33. The van der Waals surface area contributed by atoms with Crippen molar-refractivity contribution in [2.45, 2.75) is 44.7 Å². The second kappa shape index (κ2) is 13.9.